The lowest BCUT2D eigenvalue weighted by Crippen LogP contribution is -1.99. The van der Waals surface area contributed by atoms with Gasteiger partial charge >= 0.3 is 0 Å². The third-order valence-corrected chi connectivity index (χ3v) is 2.61. The first-order chi connectivity index (χ1) is 9.17. The van der Waals surface area contributed by atoms with Gasteiger partial charge in [0.25, 0.3) is 0 Å². The molecular formula is C13H15N3O3. The van der Waals surface area contributed by atoms with E-state index in [9.17, 15) is 0 Å². The van der Waals surface area contributed by atoms with Crippen molar-refractivity contribution in [2.75, 3.05) is 27.1 Å². The topological polar surface area (TPSA) is 79.5 Å². The van der Waals surface area contributed by atoms with E-state index < -0.39 is 0 Å². The third kappa shape index (κ3) is 2.67. The number of ether oxygens (including phenoxy) is 3. The van der Waals surface area contributed by atoms with E-state index in [0.29, 0.717) is 23.1 Å². The van der Waals surface area contributed by atoms with Gasteiger partial charge in [0.1, 0.15) is 0 Å². The Hall–Kier alpha value is -2.50. The lowest BCUT2D eigenvalue weighted by Gasteiger charge is -2.10. The molecule has 0 unspecified atom stereocenters. The molecule has 1 heterocycles. The maximum Gasteiger partial charge on any atom is 0.223 e. The Morgan fingerprint density at radius 2 is 1.63 bits per heavy atom. The molecule has 0 bridgehead atoms. The second kappa shape index (κ2) is 5.43. The predicted octanol–water partition coefficient (Wildman–Crippen LogP) is 1.75. The molecule has 0 radical (unpaired) electrons. The summed E-state index contributed by atoms with van der Waals surface area (Å²) < 4.78 is 15.5. The molecule has 19 heavy (non-hydrogen) atoms. The van der Waals surface area contributed by atoms with Gasteiger partial charge in [-0.1, -0.05) is 0 Å². The summed E-state index contributed by atoms with van der Waals surface area (Å²) in [7, 11) is 4.69. The highest BCUT2D eigenvalue weighted by Gasteiger charge is 2.09. The molecule has 0 amide bonds. The first kappa shape index (κ1) is 12.9. The molecule has 1 aromatic heterocycles. The highest BCUT2D eigenvalue weighted by molar-refractivity contribution is 5.65. The van der Waals surface area contributed by atoms with E-state index >= 15 is 0 Å². The summed E-state index contributed by atoms with van der Waals surface area (Å²) in [6.45, 7) is 0. The Bertz CT molecular complexity index is 587. The van der Waals surface area contributed by atoms with Gasteiger partial charge in [-0.3, -0.25) is 0 Å². The standard InChI is InChI=1S/C13H15N3O3/c1-17-10-5-4-8(6-11(10)18-2)9-7-12(19-3)16-13(14)15-9/h4-7H,1-3H3,(H2,14,15,16). The van der Waals surface area contributed by atoms with Crippen LogP contribution in [0.15, 0.2) is 24.3 Å². The summed E-state index contributed by atoms with van der Waals surface area (Å²) in [6, 6.07) is 7.19. The van der Waals surface area contributed by atoms with Crippen LogP contribution in [0.3, 0.4) is 0 Å². The smallest absolute Gasteiger partial charge is 0.223 e. The van der Waals surface area contributed by atoms with E-state index in [0.717, 1.165) is 5.56 Å². The van der Waals surface area contributed by atoms with Crippen molar-refractivity contribution in [3.05, 3.63) is 24.3 Å². The zero-order chi connectivity index (χ0) is 13.8. The normalized spacial score (nSPS) is 10.1. The van der Waals surface area contributed by atoms with Crippen molar-refractivity contribution >= 4 is 5.95 Å². The highest BCUT2D eigenvalue weighted by atomic mass is 16.5. The monoisotopic (exact) mass is 261 g/mol. The molecule has 6 nitrogen and oxygen atoms in total. The van der Waals surface area contributed by atoms with E-state index in [1.165, 1.54) is 7.11 Å². The Morgan fingerprint density at radius 3 is 2.26 bits per heavy atom. The molecule has 0 aliphatic carbocycles. The number of rotatable bonds is 4. The van der Waals surface area contributed by atoms with Crippen molar-refractivity contribution in [3.8, 4) is 28.6 Å². The van der Waals surface area contributed by atoms with Crippen LogP contribution in [-0.4, -0.2) is 31.3 Å². The number of nitrogens with two attached hydrogens (primary N) is 1. The zero-order valence-corrected chi connectivity index (χ0v) is 11.0. The second-order valence-corrected chi connectivity index (χ2v) is 3.72. The van der Waals surface area contributed by atoms with Crippen LogP contribution < -0.4 is 19.9 Å². The van der Waals surface area contributed by atoms with Gasteiger partial charge in [-0.2, -0.15) is 4.98 Å². The van der Waals surface area contributed by atoms with Gasteiger partial charge in [-0.25, -0.2) is 4.98 Å². The van der Waals surface area contributed by atoms with Gasteiger partial charge in [-0.15, -0.1) is 0 Å². The first-order valence-electron chi connectivity index (χ1n) is 5.59. The average molecular weight is 261 g/mol. The molecule has 0 atom stereocenters. The fraction of sp³-hybridized carbons (Fsp3) is 0.231. The summed E-state index contributed by atoms with van der Waals surface area (Å²) in [6.07, 6.45) is 0. The quantitative estimate of drug-likeness (QED) is 0.903. The van der Waals surface area contributed by atoms with Crippen LogP contribution in [0.2, 0.25) is 0 Å². The minimum atomic E-state index is 0.157. The Balaban J connectivity index is 2.49. The highest BCUT2D eigenvalue weighted by Crippen LogP contribution is 2.32. The average Bonchev–Trinajstić information content (AvgIpc) is 2.45. The minimum absolute atomic E-state index is 0.157. The van der Waals surface area contributed by atoms with Crippen molar-refractivity contribution < 1.29 is 14.2 Å². The molecular weight excluding hydrogens is 246 g/mol. The van der Waals surface area contributed by atoms with Crippen molar-refractivity contribution in [3.63, 3.8) is 0 Å². The fourth-order valence-electron chi connectivity index (χ4n) is 1.69. The van der Waals surface area contributed by atoms with Crippen molar-refractivity contribution in [2.24, 2.45) is 0 Å². The van der Waals surface area contributed by atoms with Crippen molar-refractivity contribution in [1.29, 1.82) is 0 Å². The first-order valence-corrected chi connectivity index (χ1v) is 5.59. The van der Waals surface area contributed by atoms with Crippen LogP contribution in [0.1, 0.15) is 0 Å². The largest absolute Gasteiger partial charge is 0.493 e. The zero-order valence-electron chi connectivity index (χ0n) is 11.0. The van der Waals surface area contributed by atoms with E-state index in [-0.39, 0.29) is 5.95 Å². The summed E-state index contributed by atoms with van der Waals surface area (Å²) in [4.78, 5) is 8.12. The molecule has 1 aromatic carbocycles. The van der Waals surface area contributed by atoms with Gasteiger partial charge in [-0.05, 0) is 18.2 Å². The van der Waals surface area contributed by atoms with Gasteiger partial charge in [0.2, 0.25) is 11.8 Å². The van der Waals surface area contributed by atoms with Crippen LogP contribution in [0.5, 0.6) is 17.4 Å². The van der Waals surface area contributed by atoms with E-state index in [4.69, 9.17) is 19.9 Å². The van der Waals surface area contributed by atoms with Crippen LogP contribution >= 0.6 is 0 Å². The maximum atomic E-state index is 5.64. The minimum Gasteiger partial charge on any atom is -0.493 e. The molecule has 0 aliphatic heterocycles. The molecule has 2 N–H and O–H groups in total. The SMILES string of the molecule is COc1cc(-c2ccc(OC)c(OC)c2)nc(N)n1. The van der Waals surface area contributed by atoms with Gasteiger partial charge in [0, 0.05) is 11.6 Å². The Morgan fingerprint density at radius 1 is 0.895 bits per heavy atom. The predicted molar refractivity (Wildman–Crippen MR) is 71.5 cm³/mol. The number of anilines is 1. The third-order valence-electron chi connectivity index (χ3n) is 2.61. The van der Waals surface area contributed by atoms with Crippen LogP contribution in [0, 0.1) is 0 Å². The van der Waals surface area contributed by atoms with E-state index in [1.54, 1.807) is 26.4 Å². The van der Waals surface area contributed by atoms with Gasteiger partial charge in [0.05, 0.1) is 27.0 Å². The molecule has 100 valence electrons. The van der Waals surface area contributed by atoms with Gasteiger partial charge in [0.15, 0.2) is 11.5 Å². The molecule has 0 fully saturated rings. The number of hydrogen-bond donors (Lipinski definition) is 1. The maximum absolute atomic E-state index is 5.64. The van der Waals surface area contributed by atoms with Crippen molar-refractivity contribution in [2.45, 2.75) is 0 Å². The lowest BCUT2D eigenvalue weighted by molar-refractivity contribution is 0.355. The number of nitrogens with zero attached hydrogens (tertiary/aromatic N) is 2. The van der Waals surface area contributed by atoms with Gasteiger partial charge < -0.3 is 19.9 Å². The summed E-state index contributed by atoms with van der Waals surface area (Å²) in [5, 5.41) is 0. The molecule has 0 spiro atoms. The fourth-order valence-corrected chi connectivity index (χ4v) is 1.69. The summed E-state index contributed by atoms with van der Waals surface area (Å²) >= 11 is 0. The molecule has 0 aliphatic rings. The Kier molecular flexibility index (Phi) is 3.70. The number of methoxy groups -OCH3 is 3. The van der Waals surface area contributed by atoms with Crippen LogP contribution in [-0.2, 0) is 0 Å². The van der Waals surface area contributed by atoms with Crippen LogP contribution in [0.25, 0.3) is 11.3 Å². The Labute approximate surface area is 111 Å². The molecule has 0 saturated heterocycles. The molecule has 2 rings (SSSR count). The molecule has 0 saturated carbocycles. The molecule has 2 aromatic rings. The van der Waals surface area contributed by atoms with E-state index in [1.807, 2.05) is 12.1 Å². The van der Waals surface area contributed by atoms with Crippen LogP contribution in [0.4, 0.5) is 5.95 Å². The second-order valence-electron chi connectivity index (χ2n) is 3.72. The number of nitrogen functional groups attached to an aromatic ring is 1. The van der Waals surface area contributed by atoms with E-state index in [2.05, 4.69) is 9.97 Å². The molecule has 6 heteroatoms. The lowest BCUT2D eigenvalue weighted by atomic mass is 10.1. The number of hydrogen-bond acceptors (Lipinski definition) is 6. The summed E-state index contributed by atoms with van der Waals surface area (Å²) in [5.74, 6) is 1.85. The number of aromatic nitrogens is 2. The summed E-state index contributed by atoms with van der Waals surface area (Å²) in [5.41, 5.74) is 7.14. The number of benzene rings is 1. The van der Waals surface area contributed by atoms with Crippen molar-refractivity contribution in [1.82, 2.24) is 9.97 Å².